The van der Waals surface area contributed by atoms with E-state index in [0.717, 1.165) is 11.3 Å². The molecular formula is C9H8ClN2+. The van der Waals surface area contributed by atoms with Crippen LogP contribution in [0.4, 0.5) is 11.4 Å². The maximum atomic E-state index is 5.93. The number of halogens is 1. The Kier molecular flexibility index (Phi) is 1.45. The van der Waals surface area contributed by atoms with Crippen LogP contribution in [0.15, 0.2) is 24.4 Å². The zero-order chi connectivity index (χ0) is 8.72. The molecule has 1 aliphatic heterocycles. The van der Waals surface area contributed by atoms with E-state index in [9.17, 15) is 0 Å². The quantitative estimate of drug-likeness (QED) is 0.480. The van der Waals surface area contributed by atoms with Crippen LogP contribution in [-0.2, 0) is 0 Å². The first-order valence-corrected chi connectivity index (χ1v) is 3.94. The number of fused-ring (bicyclic) bond motifs is 1. The summed E-state index contributed by atoms with van der Waals surface area (Å²) in [7, 11) is 0. The first-order valence-electron chi connectivity index (χ1n) is 3.56. The Morgan fingerprint density at radius 2 is 2.17 bits per heavy atom. The molecule has 2 nitrogen and oxygen atoms in total. The zero-order valence-corrected chi connectivity index (χ0v) is 7.17. The highest BCUT2D eigenvalue weighted by molar-refractivity contribution is 6.49. The molecule has 1 aromatic rings. The van der Waals surface area contributed by atoms with Crippen LogP contribution < -0.4 is 5.73 Å². The van der Waals surface area contributed by atoms with Crippen molar-refractivity contribution in [3.63, 3.8) is 0 Å². The number of hydrogen-bond donors (Lipinski definition) is 1. The van der Waals surface area contributed by atoms with Gasteiger partial charge in [0.15, 0.2) is 6.20 Å². The molecule has 0 amide bonds. The molecule has 2 rings (SSSR count). The molecule has 1 aromatic carbocycles. The first-order chi connectivity index (χ1) is 5.70. The van der Waals surface area contributed by atoms with Gasteiger partial charge in [-0.15, -0.1) is 0 Å². The van der Waals surface area contributed by atoms with E-state index in [1.54, 1.807) is 10.8 Å². The molecule has 0 unspecified atom stereocenters. The number of nitrogens with two attached hydrogens (primary N) is 1. The largest absolute Gasteiger partial charge is 0.393 e. The standard InChI is InChI=1S/C9H8ClN2/c1-12-5-7(10)6-3-2-4-8(11)9(6)12/h2-5H,1,11H2/q+1. The molecule has 0 bridgehead atoms. The Balaban J connectivity index is 2.76. The normalized spacial score (nSPS) is 14.4. The lowest BCUT2D eigenvalue weighted by Crippen LogP contribution is -1.94. The zero-order valence-electron chi connectivity index (χ0n) is 6.42. The van der Waals surface area contributed by atoms with Crippen LogP contribution in [0.1, 0.15) is 5.56 Å². The van der Waals surface area contributed by atoms with Crippen molar-refractivity contribution in [3.05, 3.63) is 30.0 Å². The van der Waals surface area contributed by atoms with E-state index in [1.807, 2.05) is 18.2 Å². The van der Waals surface area contributed by atoms with Crippen LogP contribution in [0.3, 0.4) is 0 Å². The van der Waals surface area contributed by atoms with Gasteiger partial charge in [0.05, 0.1) is 5.56 Å². The molecule has 0 saturated carbocycles. The Hall–Kier alpha value is -1.28. The fourth-order valence-electron chi connectivity index (χ4n) is 1.35. The number of para-hydroxylation sites is 1. The van der Waals surface area contributed by atoms with E-state index in [0.29, 0.717) is 10.7 Å². The molecule has 2 N–H and O–H groups in total. The number of benzene rings is 1. The Labute approximate surface area is 75.6 Å². The Morgan fingerprint density at radius 1 is 1.42 bits per heavy atom. The Morgan fingerprint density at radius 3 is 2.83 bits per heavy atom. The maximum absolute atomic E-state index is 5.93. The molecule has 0 radical (unpaired) electrons. The third-order valence-electron chi connectivity index (χ3n) is 1.88. The third-order valence-corrected chi connectivity index (χ3v) is 2.18. The molecule has 3 heteroatoms. The van der Waals surface area contributed by atoms with Crippen molar-refractivity contribution < 1.29 is 4.58 Å². The summed E-state index contributed by atoms with van der Waals surface area (Å²) >= 11 is 5.93. The topological polar surface area (TPSA) is 29.0 Å². The van der Waals surface area contributed by atoms with Crippen molar-refractivity contribution in [1.29, 1.82) is 0 Å². The monoisotopic (exact) mass is 179 g/mol. The van der Waals surface area contributed by atoms with Gasteiger partial charge in [-0.05, 0) is 12.1 Å². The summed E-state index contributed by atoms with van der Waals surface area (Å²) in [6.07, 6.45) is 1.75. The van der Waals surface area contributed by atoms with Gasteiger partial charge in [0, 0.05) is 0 Å². The maximum Gasteiger partial charge on any atom is 0.242 e. The predicted molar refractivity (Wildman–Crippen MR) is 51.7 cm³/mol. The predicted octanol–water partition coefficient (Wildman–Crippen LogP) is 2.16. The SMILES string of the molecule is C=[N+]1C=C(Cl)c2cccc(N)c21. The lowest BCUT2D eigenvalue weighted by Gasteiger charge is -1.97. The van der Waals surface area contributed by atoms with Crippen LogP contribution in [0.2, 0.25) is 0 Å². The minimum Gasteiger partial charge on any atom is -0.393 e. The van der Waals surface area contributed by atoms with Gasteiger partial charge >= 0.3 is 0 Å². The highest BCUT2D eigenvalue weighted by atomic mass is 35.5. The number of anilines is 1. The molecule has 1 aliphatic rings. The number of hydrogen-bond acceptors (Lipinski definition) is 1. The fourth-order valence-corrected chi connectivity index (χ4v) is 1.62. The smallest absolute Gasteiger partial charge is 0.242 e. The first kappa shape index (κ1) is 7.37. The molecule has 0 aromatic heterocycles. The van der Waals surface area contributed by atoms with Gasteiger partial charge in [-0.2, -0.15) is 4.58 Å². The van der Waals surface area contributed by atoms with Gasteiger partial charge in [-0.3, -0.25) is 0 Å². The minimum atomic E-state index is 0.687. The van der Waals surface area contributed by atoms with Crippen molar-refractivity contribution in [1.82, 2.24) is 0 Å². The highest BCUT2D eigenvalue weighted by Crippen LogP contribution is 2.38. The van der Waals surface area contributed by atoms with Gasteiger partial charge in [-0.25, -0.2) is 0 Å². The summed E-state index contributed by atoms with van der Waals surface area (Å²) in [6.45, 7) is 3.78. The molecule has 0 atom stereocenters. The van der Waals surface area contributed by atoms with Gasteiger partial charge in [0.1, 0.15) is 17.4 Å². The summed E-state index contributed by atoms with van der Waals surface area (Å²) in [5.74, 6) is 0. The summed E-state index contributed by atoms with van der Waals surface area (Å²) < 4.78 is 1.69. The van der Waals surface area contributed by atoms with Crippen LogP contribution >= 0.6 is 11.6 Å². The summed E-state index contributed by atoms with van der Waals surface area (Å²) in [4.78, 5) is 0. The molecule has 12 heavy (non-hydrogen) atoms. The summed E-state index contributed by atoms with van der Waals surface area (Å²) in [5, 5.41) is 0.687. The third kappa shape index (κ3) is 0.850. The molecule has 1 heterocycles. The van der Waals surface area contributed by atoms with E-state index in [1.165, 1.54) is 0 Å². The van der Waals surface area contributed by atoms with E-state index >= 15 is 0 Å². The molecule has 0 spiro atoms. The second kappa shape index (κ2) is 2.35. The van der Waals surface area contributed by atoms with Gasteiger partial charge < -0.3 is 5.73 Å². The van der Waals surface area contributed by atoms with Crippen LogP contribution in [0, 0.1) is 0 Å². The second-order valence-electron chi connectivity index (χ2n) is 2.69. The number of rotatable bonds is 0. The van der Waals surface area contributed by atoms with E-state index in [2.05, 4.69) is 6.72 Å². The van der Waals surface area contributed by atoms with E-state index in [-0.39, 0.29) is 0 Å². The van der Waals surface area contributed by atoms with Crippen molar-refractivity contribution in [2.75, 3.05) is 5.73 Å². The number of nitrogens with zero attached hydrogens (tertiary/aromatic N) is 1. The average Bonchev–Trinajstić information content (AvgIpc) is 2.29. The minimum absolute atomic E-state index is 0.687. The van der Waals surface area contributed by atoms with E-state index < -0.39 is 0 Å². The highest BCUT2D eigenvalue weighted by Gasteiger charge is 2.25. The lowest BCUT2D eigenvalue weighted by atomic mass is 10.2. The average molecular weight is 180 g/mol. The van der Waals surface area contributed by atoms with Crippen LogP contribution in [-0.4, -0.2) is 11.3 Å². The van der Waals surface area contributed by atoms with Crippen molar-refractivity contribution in [2.24, 2.45) is 0 Å². The van der Waals surface area contributed by atoms with Crippen molar-refractivity contribution in [2.45, 2.75) is 0 Å². The molecule has 0 fully saturated rings. The van der Waals surface area contributed by atoms with Crippen LogP contribution in [0.25, 0.3) is 5.03 Å². The lowest BCUT2D eigenvalue weighted by molar-refractivity contribution is -0.343. The second-order valence-corrected chi connectivity index (χ2v) is 3.10. The Bertz CT molecular complexity index is 394. The number of nitrogen functional groups attached to an aromatic ring is 1. The fraction of sp³-hybridized carbons (Fsp3) is 0. The molecular weight excluding hydrogens is 172 g/mol. The van der Waals surface area contributed by atoms with Crippen molar-refractivity contribution >= 4 is 34.7 Å². The summed E-state index contributed by atoms with van der Waals surface area (Å²) in [5.41, 5.74) is 8.30. The molecule has 0 aliphatic carbocycles. The summed E-state index contributed by atoms with van der Waals surface area (Å²) in [6, 6.07) is 5.64. The molecule has 60 valence electrons. The van der Waals surface area contributed by atoms with Gasteiger partial charge in [0.2, 0.25) is 5.69 Å². The molecule has 0 saturated heterocycles. The van der Waals surface area contributed by atoms with E-state index in [4.69, 9.17) is 17.3 Å². The van der Waals surface area contributed by atoms with Crippen molar-refractivity contribution in [3.8, 4) is 0 Å². The van der Waals surface area contributed by atoms with Crippen LogP contribution in [0.5, 0.6) is 0 Å². The van der Waals surface area contributed by atoms with Gasteiger partial charge in [0.25, 0.3) is 0 Å². The van der Waals surface area contributed by atoms with Gasteiger partial charge in [-0.1, -0.05) is 17.7 Å².